The van der Waals surface area contributed by atoms with Crippen LogP contribution < -0.4 is 26.6 Å². The minimum atomic E-state index is -0.483. The van der Waals surface area contributed by atoms with Gasteiger partial charge < -0.3 is 19.2 Å². The number of anilines is 1. The first kappa shape index (κ1) is 20.0. The SMILES string of the molecule is N#Cc1cc(-c2ncnc(NC3C=c4[nH]c(=O)oc4=CC3)n2)ccc1OC1CCOCC1. The van der Waals surface area contributed by atoms with Gasteiger partial charge in [-0.15, -0.1) is 0 Å². The van der Waals surface area contributed by atoms with E-state index in [0.717, 1.165) is 12.8 Å². The first-order chi connectivity index (χ1) is 15.7. The molecule has 3 aromatic rings. The number of nitriles is 1. The molecular formula is C22H20N6O4. The molecule has 0 saturated carbocycles. The molecule has 1 saturated heterocycles. The second kappa shape index (κ2) is 8.64. The van der Waals surface area contributed by atoms with Gasteiger partial charge in [0.15, 0.2) is 11.2 Å². The van der Waals surface area contributed by atoms with Crippen LogP contribution in [-0.4, -0.2) is 45.3 Å². The molecular weight excluding hydrogens is 412 g/mol. The topological polar surface area (TPSA) is 139 Å². The van der Waals surface area contributed by atoms with Crippen molar-refractivity contribution in [3.8, 4) is 23.2 Å². The normalized spacial score (nSPS) is 18.0. The molecule has 162 valence electrons. The summed E-state index contributed by atoms with van der Waals surface area (Å²) in [6, 6.07) is 7.41. The summed E-state index contributed by atoms with van der Waals surface area (Å²) in [6.45, 7) is 1.33. The average Bonchev–Trinajstić information content (AvgIpc) is 3.19. The first-order valence-electron chi connectivity index (χ1n) is 10.3. The maximum atomic E-state index is 11.4. The molecule has 2 aliphatic rings. The van der Waals surface area contributed by atoms with Crippen LogP contribution in [0, 0.1) is 11.3 Å². The Morgan fingerprint density at radius 3 is 2.97 bits per heavy atom. The average molecular weight is 432 g/mol. The Labute approximate surface area is 182 Å². The van der Waals surface area contributed by atoms with Crippen molar-refractivity contribution in [1.29, 1.82) is 5.26 Å². The van der Waals surface area contributed by atoms with Gasteiger partial charge in [-0.1, -0.05) is 0 Å². The summed E-state index contributed by atoms with van der Waals surface area (Å²) in [4.78, 5) is 26.9. The van der Waals surface area contributed by atoms with Gasteiger partial charge in [-0.2, -0.15) is 10.2 Å². The number of benzene rings is 1. The van der Waals surface area contributed by atoms with Crippen molar-refractivity contribution >= 4 is 18.1 Å². The molecule has 1 fully saturated rings. The molecule has 2 N–H and O–H groups in total. The predicted octanol–water partition coefficient (Wildman–Crippen LogP) is 0.695. The van der Waals surface area contributed by atoms with E-state index in [1.54, 1.807) is 12.1 Å². The second-order valence-corrected chi connectivity index (χ2v) is 7.53. The summed E-state index contributed by atoms with van der Waals surface area (Å²) in [6.07, 6.45) is 7.39. The zero-order chi connectivity index (χ0) is 21.9. The van der Waals surface area contributed by atoms with Crippen molar-refractivity contribution in [3.05, 3.63) is 51.4 Å². The molecule has 1 aliphatic carbocycles. The van der Waals surface area contributed by atoms with Crippen LogP contribution in [-0.2, 0) is 4.74 Å². The third kappa shape index (κ3) is 4.24. The molecule has 5 rings (SSSR count). The summed E-state index contributed by atoms with van der Waals surface area (Å²) in [5, 5.41) is 13.5. The molecule has 0 radical (unpaired) electrons. The lowest BCUT2D eigenvalue weighted by Crippen LogP contribution is -2.32. The first-order valence-corrected chi connectivity index (χ1v) is 10.3. The van der Waals surface area contributed by atoms with Gasteiger partial charge in [0, 0.05) is 18.4 Å². The molecule has 10 heteroatoms. The molecule has 10 nitrogen and oxygen atoms in total. The van der Waals surface area contributed by atoms with Crippen molar-refractivity contribution in [2.45, 2.75) is 31.4 Å². The van der Waals surface area contributed by atoms with Crippen molar-refractivity contribution in [1.82, 2.24) is 19.9 Å². The molecule has 0 bridgehead atoms. The fourth-order valence-corrected chi connectivity index (χ4v) is 3.73. The maximum absolute atomic E-state index is 11.4. The number of hydrogen-bond acceptors (Lipinski definition) is 9. The molecule has 0 spiro atoms. The van der Waals surface area contributed by atoms with Crippen molar-refractivity contribution < 1.29 is 13.9 Å². The van der Waals surface area contributed by atoms with Gasteiger partial charge in [0.25, 0.3) is 0 Å². The predicted molar refractivity (Wildman–Crippen MR) is 114 cm³/mol. The zero-order valence-electron chi connectivity index (χ0n) is 17.1. The number of H-pyrrole nitrogens is 1. The summed E-state index contributed by atoms with van der Waals surface area (Å²) < 4.78 is 16.4. The quantitative estimate of drug-likeness (QED) is 0.596. The van der Waals surface area contributed by atoms with Crippen LogP contribution in [0.1, 0.15) is 24.8 Å². The lowest BCUT2D eigenvalue weighted by atomic mass is 10.1. The highest BCUT2D eigenvalue weighted by Crippen LogP contribution is 2.27. The van der Waals surface area contributed by atoms with E-state index in [1.807, 2.05) is 18.2 Å². The Balaban J connectivity index is 1.35. The van der Waals surface area contributed by atoms with E-state index in [-0.39, 0.29) is 12.1 Å². The van der Waals surface area contributed by atoms with Gasteiger partial charge in [-0.3, -0.25) is 4.98 Å². The summed E-state index contributed by atoms with van der Waals surface area (Å²) in [5.74, 6) is 0.893. The number of ether oxygens (including phenoxy) is 2. The second-order valence-electron chi connectivity index (χ2n) is 7.53. The number of hydrogen-bond donors (Lipinski definition) is 2. The van der Waals surface area contributed by atoms with Gasteiger partial charge in [0.05, 0.1) is 30.2 Å². The molecule has 1 unspecified atom stereocenters. The number of aromatic amines is 1. The highest BCUT2D eigenvalue weighted by molar-refractivity contribution is 5.62. The lowest BCUT2D eigenvalue weighted by Gasteiger charge is -2.23. The van der Waals surface area contributed by atoms with Gasteiger partial charge in [-0.05, 0) is 36.8 Å². The standard InChI is InChI=1S/C22H20N6O4/c23-11-14-9-13(1-3-18(14)31-16-5-7-30-8-6-16)20-24-12-25-21(28-20)26-15-2-4-19-17(10-15)27-22(29)32-19/h1,3-4,9-10,12,15-16H,2,5-8H2,(H,27,29)(H,24,25,26,28). The number of fused-ring (bicyclic) bond motifs is 1. The van der Waals surface area contributed by atoms with Crippen LogP contribution in [0.3, 0.4) is 0 Å². The van der Waals surface area contributed by atoms with Crippen molar-refractivity contribution in [2.24, 2.45) is 0 Å². The minimum absolute atomic E-state index is 0.0453. The Kier molecular flexibility index (Phi) is 5.39. The summed E-state index contributed by atoms with van der Waals surface area (Å²) in [7, 11) is 0. The largest absolute Gasteiger partial charge is 0.489 e. The Bertz CT molecular complexity index is 1350. The van der Waals surface area contributed by atoms with E-state index in [9.17, 15) is 10.1 Å². The number of nitrogens with zero attached hydrogens (tertiary/aromatic N) is 4. The fraction of sp³-hybridized carbons (Fsp3) is 0.318. The van der Waals surface area contributed by atoms with Gasteiger partial charge >= 0.3 is 5.76 Å². The van der Waals surface area contributed by atoms with E-state index in [1.165, 1.54) is 6.33 Å². The van der Waals surface area contributed by atoms with E-state index < -0.39 is 5.76 Å². The Morgan fingerprint density at radius 2 is 2.12 bits per heavy atom. The van der Waals surface area contributed by atoms with Crippen LogP contribution in [0.4, 0.5) is 5.95 Å². The Morgan fingerprint density at radius 1 is 1.25 bits per heavy atom. The van der Waals surface area contributed by atoms with Gasteiger partial charge in [0.1, 0.15) is 24.3 Å². The summed E-state index contributed by atoms with van der Waals surface area (Å²) in [5.41, 5.74) is 1.65. The van der Waals surface area contributed by atoms with E-state index in [0.29, 0.717) is 59.0 Å². The van der Waals surface area contributed by atoms with Crippen LogP contribution >= 0.6 is 0 Å². The smallest absolute Gasteiger partial charge is 0.417 e. The number of rotatable bonds is 5. The fourth-order valence-electron chi connectivity index (χ4n) is 3.73. The zero-order valence-corrected chi connectivity index (χ0v) is 17.1. The number of aromatic nitrogens is 4. The maximum Gasteiger partial charge on any atom is 0.417 e. The van der Waals surface area contributed by atoms with Crippen LogP contribution in [0.5, 0.6) is 5.75 Å². The number of oxazole rings is 1. The van der Waals surface area contributed by atoms with E-state index >= 15 is 0 Å². The van der Waals surface area contributed by atoms with Crippen LogP contribution in [0.25, 0.3) is 23.5 Å². The number of nitrogens with one attached hydrogen (secondary N) is 2. The Hall–Kier alpha value is -3.97. The minimum Gasteiger partial charge on any atom is -0.489 e. The lowest BCUT2D eigenvalue weighted by molar-refractivity contribution is 0.0254. The highest BCUT2D eigenvalue weighted by Gasteiger charge is 2.18. The molecule has 32 heavy (non-hydrogen) atoms. The van der Waals surface area contributed by atoms with Gasteiger partial charge in [-0.25, -0.2) is 14.8 Å². The molecule has 1 aliphatic heterocycles. The van der Waals surface area contributed by atoms with Crippen molar-refractivity contribution in [3.63, 3.8) is 0 Å². The molecule has 0 amide bonds. The highest BCUT2D eigenvalue weighted by atomic mass is 16.5. The molecule has 1 atom stereocenters. The molecule has 2 aromatic heterocycles. The molecule has 3 heterocycles. The third-order valence-electron chi connectivity index (χ3n) is 5.34. The van der Waals surface area contributed by atoms with Crippen LogP contribution in [0.2, 0.25) is 0 Å². The van der Waals surface area contributed by atoms with Gasteiger partial charge in [0.2, 0.25) is 5.95 Å². The summed E-state index contributed by atoms with van der Waals surface area (Å²) >= 11 is 0. The molecule has 1 aromatic carbocycles. The van der Waals surface area contributed by atoms with E-state index in [2.05, 4.69) is 31.3 Å². The monoisotopic (exact) mass is 432 g/mol. The third-order valence-corrected chi connectivity index (χ3v) is 5.34. The van der Waals surface area contributed by atoms with E-state index in [4.69, 9.17) is 13.9 Å². The van der Waals surface area contributed by atoms with Crippen molar-refractivity contribution in [2.75, 3.05) is 18.5 Å². The van der Waals surface area contributed by atoms with Crippen LogP contribution in [0.15, 0.2) is 33.7 Å².